The van der Waals surface area contributed by atoms with Crippen LogP contribution in [0.2, 0.25) is 0 Å². The fourth-order valence-corrected chi connectivity index (χ4v) is 7.34. The lowest BCUT2D eigenvalue weighted by atomic mass is 9.76. The Morgan fingerprint density at radius 1 is 0.833 bits per heavy atom. The molecule has 1 aliphatic heterocycles. The maximum atomic E-state index is 9.95. The van der Waals surface area contributed by atoms with Crippen LogP contribution in [0.3, 0.4) is 0 Å². The average molecular weight is 532 g/mol. The van der Waals surface area contributed by atoms with Crippen LogP contribution in [0.25, 0.3) is 0 Å². The normalized spacial score (nSPS) is 19.3. The third-order valence-corrected chi connectivity index (χ3v) is 9.81. The number of rotatable bonds is 16. The number of fused-ring (bicyclic) bond motifs is 1. The molecule has 0 radical (unpaired) electrons. The molecule has 2 aromatic carbocycles. The van der Waals surface area contributed by atoms with Gasteiger partial charge in [0.05, 0.1) is 6.61 Å². The van der Waals surface area contributed by atoms with E-state index in [2.05, 4.69) is 37.7 Å². The van der Waals surface area contributed by atoms with E-state index in [0.717, 1.165) is 17.1 Å². The Kier molecular flexibility index (Phi) is 12.1. The van der Waals surface area contributed by atoms with Crippen molar-refractivity contribution < 1.29 is 14.9 Å². The number of unbranched alkanes of at least 4 members (excludes halogenated alkanes) is 6. The van der Waals surface area contributed by atoms with E-state index in [1.54, 1.807) is 24.3 Å². The number of ether oxygens (including phenoxy) is 1. The van der Waals surface area contributed by atoms with Gasteiger partial charge in [-0.1, -0.05) is 57.2 Å². The summed E-state index contributed by atoms with van der Waals surface area (Å²) in [6.07, 6.45) is 10.6. The van der Waals surface area contributed by atoms with Crippen LogP contribution in [0.4, 0.5) is 0 Å². The molecule has 0 spiro atoms. The van der Waals surface area contributed by atoms with Crippen molar-refractivity contribution >= 4 is 23.5 Å². The molecule has 2 aromatic rings. The monoisotopic (exact) mass is 531 g/mol. The highest BCUT2D eigenvalue weighted by molar-refractivity contribution is 7.99. The first-order chi connectivity index (χ1) is 17.4. The molecule has 0 aliphatic carbocycles. The second-order valence-corrected chi connectivity index (χ2v) is 12.9. The number of hydrogen-bond donors (Lipinski definition) is 2. The van der Waals surface area contributed by atoms with Crippen molar-refractivity contribution in [2.45, 2.75) is 69.0 Å². The Morgan fingerprint density at radius 2 is 1.44 bits per heavy atom. The summed E-state index contributed by atoms with van der Waals surface area (Å²) in [5, 5.41) is 20.0. The van der Waals surface area contributed by atoms with Gasteiger partial charge in [0.2, 0.25) is 0 Å². The zero-order valence-corrected chi connectivity index (χ0v) is 24.0. The van der Waals surface area contributed by atoms with Gasteiger partial charge in [-0.2, -0.15) is 23.5 Å². The largest absolute Gasteiger partial charge is 0.508 e. The second-order valence-electron chi connectivity index (χ2n) is 10.5. The summed E-state index contributed by atoms with van der Waals surface area (Å²) in [5.74, 6) is 5.04. The number of hydrogen-bond acceptors (Lipinski definition) is 6. The van der Waals surface area contributed by atoms with Gasteiger partial charge in [-0.05, 0) is 80.9 Å². The molecule has 1 aliphatic rings. The van der Waals surface area contributed by atoms with E-state index >= 15 is 0 Å². The molecule has 3 rings (SSSR count). The summed E-state index contributed by atoms with van der Waals surface area (Å²) in [6, 6.07) is 13.1. The molecule has 2 unspecified atom stereocenters. The summed E-state index contributed by atoms with van der Waals surface area (Å²) in [6.45, 7) is 4.01. The average Bonchev–Trinajstić information content (AvgIpc) is 2.85. The fourth-order valence-electron chi connectivity index (χ4n) is 4.84. The molecule has 4 nitrogen and oxygen atoms in total. The number of thioether (sulfide) groups is 2. The van der Waals surface area contributed by atoms with Crippen LogP contribution >= 0.6 is 23.5 Å². The number of benzene rings is 2. The quantitative estimate of drug-likeness (QED) is 0.217. The Bertz CT molecular complexity index is 906. The molecule has 6 heteroatoms. The van der Waals surface area contributed by atoms with Crippen LogP contribution in [0.5, 0.6) is 17.2 Å². The minimum atomic E-state index is -0.202. The number of phenols is 2. The van der Waals surface area contributed by atoms with Crippen LogP contribution in [-0.4, -0.2) is 59.6 Å². The van der Waals surface area contributed by atoms with Crippen LogP contribution in [-0.2, 0) is 5.41 Å². The molecule has 0 fully saturated rings. The molecule has 36 heavy (non-hydrogen) atoms. The summed E-state index contributed by atoms with van der Waals surface area (Å²) < 4.78 is 6.12. The first-order valence-corrected chi connectivity index (χ1v) is 15.7. The van der Waals surface area contributed by atoms with Crippen molar-refractivity contribution in [2.24, 2.45) is 0 Å². The fraction of sp³-hybridized carbons (Fsp3) is 0.600. The summed E-state index contributed by atoms with van der Waals surface area (Å²) >= 11 is 4.12. The molecule has 0 bridgehead atoms. The van der Waals surface area contributed by atoms with Crippen molar-refractivity contribution in [3.8, 4) is 17.2 Å². The van der Waals surface area contributed by atoms with E-state index < -0.39 is 0 Å². The van der Waals surface area contributed by atoms with Crippen LogP contribution in [0.1, 0.15) is 74.7 Å². The van der Waals surface area contributed by atoms with Gasteiger partial charge in [0.15, 0.2) is 0 Å². The van der Waals surface area contributed by atoms with Crippen molar-refractivity contribution in [1.29, 1.82) is 0 Å². The Hall–Kier alpha value is -1.50. The molecule has 2 atom stereocenters. The number of nitrogens with zero attached hydrogens (tertiary/aromatic N) is 1. The Labute approximate surface area is 227 Å². The summed E-state index contributed by atoms with van der Waals surface area (Å²) in [5.41, 5.74) is 2.12. The van der Waals surface area contributed by atoms with Gasteiger partial charge in [0.1, 0.15) is 17.2 Å². The first kappa shape index (κ1) is 29.1. The van der Waals surface area contributed by atoms with Gasteiger partial charge in [-0.25, -0.2) is 0 Å². The van der Waals surface area contributed by atoms with Gasteiger partial charge >= 0.3 is 0 Å². The maximum Gasteiger partial charge on any atom is 0.127 e. The zero-order valence-electron chi connectivity index (χ0n) is 22.4. The highest BCUT2D eigenvalue weighted by Crippen LogP contribution is 2.53. The van der Waals surface area contributed by atoms with E-state index in [1.807, 2.05) is 30.0 Å². The standard InChI is InChI=1S/C30H45NO3S2/c1-30(24-12-14-25(32)15-13-24)23-34-28-22-26(33)16-17-27(28)29(30)36-21-10-8-6-4-5-7-9-19-35-20-11-18-31(2)3/h12-17,22,29,32-33H,4-11,18-21,23H2,1-3H3. The smallest absolute Gasteiger partial charge is 0.127 e. The lowest BCUT2D eigenvalue weighted by Gasteiger charge is -2.42. The third-order valence-electron chi connectivity index (χ3n) is 7.02. The van der Waals surface area contributed by atoms with Gasteiger partial charge in [0, 0.05) is 22.3 Å². The Balaban J connectivity index is 1.39. The van der Waals surface area contributed by atoms with Crippen LogP contribution in [0.15, 0.2) is 42.5 Å². The minimum Gasteiger partial charge on any atom is -0.508 e. The van der Waals surface area contributed by atoms with Crippen molar-refractivity contribution in [3.05, 3.63) is 53.6 Å². The second kappa shape index (κ2) is 15.0. The van der Waals surface area contributed by atoms with Gasteiger partial charge in [-0.15, -0.1) is 0 Å². The van der Waals surface area contributed by atoms with Crippen molar-refractivity contribution in [2.75, 3.05) is 44.5 Å². The Morgan fingerprint density at radius 3 is 2.14 bits per heavy atom. The number of aromatic hydroxyl groups is 2. The zero-order chi connectivity index (χ0) is 25.8. The molecule has 0 aromatic heterocycles. The van der Waals surface area contributed by atoms with Gasteiger partial charge in [-0.3, -0.25) is 0 Å². The molecular weight excluding hydrogens is 486 g/mol. The molecule has 0 amide bonds. The predicted octanol–water partition coefficient (Wildman–Crippen LogP) is 7.64. The predicted molar refractivity (Wildman–Crippen MR) is 157 cm³/mol. The van der Waals surface area contributed by atoms with Gasteiger partial charge in [0.25, 0.3) is 0 Å². The highest BCUT2D eigenvalue weighted by Gasteiger charge is 2.42. The highest BCUT2D eigenvalue weighted by atomic mass is 32.2. The molecular formula is C30H45NO3S2. The van der Waals surface area contributed by atoms with E-state index in [4.69, 9.17) is 4.74 Å². The molecule has 0 saturated heterocycles. The SMILES string of the molecule is CN(C)CCCSCCCCCCCCCSC1c2ccc(O)cc2OCC1(C)c1ccc(O)cc1. The first-order valence-electron chi connectivity index (χ1n) is 13.5. The van der Waals surface area contributed by atoms with Crippen LogP contribution < -0.4 is 4.74 Å². The summed E-state index contributed by atoms with van der Waals surface area (Å²) in [7, 11) is 4.29. The van der Waals surface area contributed by atoms with E-state index in [0.29, 0.717) is 6.61 Å². The lowest BCUT2D eigenvalue weighted by molar-refractivity contribution is 0.196. The van der Waals surface area contributed by atoms with E-state index in [1.165, 1.54) is 75.0 Å². The van der Waals surface area contributed by atoms with Crippen molar-refractivity contribution in [3.63, 3.8) is 0 Å². The summed E-state index contributed by atoms with van der Waals surface area (Å²) in [4.78, 5) is 2.27. The molecule has 0 saturated carbocycles. The van der Waals surface area contributed by atoms with Gasteiger partial charge < -0.3 is 19.8 Å². The van der Waals surface area contributed by atoms with Crippen LogP contribution in [0, 0.1) is 0 Å². The third kappa shape index (κ3) is 8.81. The topological polar surface area (TPSA) is 52.9 Å². The minimum absolute atomic E-state index is 0.202. The molecule has 1 heterocycles. The number of phenolic OH excluding ortho intramolecular Hbond substituents is 2. The van der Waals surface area contributed by atoms with E-state index in [9.17, 15) is 10.2 Å². The van der Waals surface area contributed by atoms with E-state index in [-0.39, 0.29) is 22.2 Å². The molecule has 200 valence electrons. The molecule has 2 N–H and O–H groups in total. The van der Waals surface area contributed by atoms with Crippen molar-refractivity contribution in [1.82, 2.24) is 4.90 Å². The maximum absolute atomic E-state index is 9.95. The lowest BCUT2D eigenvalue weighted by Crippen LogP contribution is -2.39.